The van der Waals surface area contributed by atoms with E-state index in [1.807, 2.05) is 24.8 Å². The fraction of sp³-hybridized carbons (Fsp3) is 0.643. The van der Waals surface area contributed by atoms with Gasteiger partial charge in [-0.2, -0.15) is 0 Å². The number of piperidine rings is 1. The summed E-state index contributed by atoms with van der Waals surface area (Å²) in [6.07, 6.45) is 5.57. The van der Waals surface area contributed by atoms with Crippen LogP contribution in [-0.2, 0) is 9.53 Å². The largest absolute Gasteiger partial charge is 0.458 e. The maximum Gasteiger partial charge on any atom is 0.223 e. The predicted molar refractivity (Wildman–Crippen MR) is 74.3 cm³/mol. The highest BCUT2D eigenvalue weighted by Gasteiger charge is 2.47. The summed E-state index contributed by atoms with van der Waals surface area (Å²) in [4.78, 5) is 14.0. The first-order valence-corrected chi connectivity index (χ1v) is 7.56. The van der Waals surface area contributed by atoms with Crippen LogP contribution in [0.1, 0.15) is 33.1 Å². The van der Waals surface area contributed by atoms with E-state index in [4.69, 9.17) is 4.74 Å². The highest BCUT2D eigenvalue weighted by atomic mass is 32.2. The lowest BCUT2D eigenvalue weighted by atomic mass is 9.91. The second-order valence-corrected chi connectivity index (χ2v) is 7.41. The molecule has 104 valence electrons. The molecule has 1 fully saturated rings. The van der Waals surface area contributed by atoms with Crippen molar-refractivity contribution >= 4 is 17.7 Å². The van der Waals surface area contributed by atoms with Crippen LogP contribution >= 0.6 is 11.8 Å². The molecule has 1 amide bonds. The van der Waals surface area contributed by atoms with E-state index >= 15 is 0 Å². The van der Waals surface area contributed by atoms with Crippen LogP contribution in [0, 0.1) is 0 Å². The van der Waals surface area contributed by atoms with E-state index in [1.165, 1.54) is 0 Å². The monoisotopic (exact) mass is 281 g/mol. The molecule has 0 radical (unpaired) electrons. The van der Waals surface area contributed by atoms with E-state index in [2.05, 4.69) is 0 Å². The molecular weight excluding hydrogens is 262 g/mol. The summed E-state index contributed by atoms with van der Waals surface area (Å²) < 4.78 is 5.23. The van der Waals surface area contributed by atoms with Crippen molar-refractivity contribution in [2.24, 2.45) is 0 Å². The minimum Gasteiger partial charge on any atom is -0.458 e. The number of thioether (sulfide) groups is 1. The molecule has 4 nitrogen and oxygen atoms in total. The van der Waals surface area contributed by atoms with Crippen molar-refractivity contribution in [1.82, 2.24) is 4.90 Å². The van der Waals surface area contributed by atoms with Gasteiger partial charge in [-0.25, -0.2) is 0 Å². The third-order valence-electron chi connectivity index (χ3n) is 3.99. The van der Waals surface area contributed by atoms with Gasteiger partial charge in [0.25, 0.3) is 0 Å². The van der Waals surface area contributed by atoms with Gasteiger partial charge in [-0.3, -0.25) is 4.79 Å². The van der Waals surface area contributed by atoms with Gasteiger partial charge >= 0.3 is 0 Å². The molecule has 19 heavy (non-hydrogen) atoms. The summed E-state index contributed by atoms with van der Waals surface area (Å²) in [5.41, 5.74) is 0.854. The van der Waals surface area contributed by atoms with E-state index in [0.29, 0.717) is 6.42 Å². The number of likely N-dealkylation sites (tertiary alicyclic amines) is 1. The van der Waals surface area contributed by atoms with Crippen molar-refractivity contribution in [2.45, 2.75) is 50.0 Å². The van der Waals surface area contributed by atoms with Gasteiger partial charge in [0.05, 0.1) is 18.4 Å². The topological polar surface area (TPSA) is 49.8 Å². The number of ether oxygens (including phenoxy) is 1. The van der Waals surface area contributed by atoms with Gasteiger partial charge < -0.3 is 14.7 Å². The van der Waals surface area contributed by atoms with Gasteiger partial charge in [0.15, 0.2) is 5.09 Å². The SMILES string of the molecule is CC1(C)SC2=C(C(N3CCCCC3=O)C=CO2)C1O. The third kappa shape index (κ3) is 2.09. The Bertz CT molecular complexity index is 469. The van der Waals surface area contributed by atoms with Gasteiger partial charge in [0.1, 0.15) is 0 Å². The van der Waals surface area contributed by atoms with E-state index in [0.717, 1.165) is 30.1 Å². The quantitative estimate of drug-likeness (QED) is 0.799. The molecule has 0 aromatic heterocycles. The smallest absolute Gasteiger partial charge is 0.223 e. The Balaban J connectivity index is 1.91. The van der Waals surface area contributed by atoms with Crippen molar-refractivity contribution in [1.29, 1.82) is 0 Å². The number of carbonyl (C=O) groups excluding carboxylic acids is 1. The Morgan fingerprint density at radius 3 is 3.00 bits per heavy atom. The summed E-state index contributed by atoms with van der Waals surface area (Å²) in [7, 11) is 0. The number of aliphatic hydroxyl groups excluding tert-OH is 1. The number of nitrogens with zero attached hydrogens (tertiary/aromatic N) is 1. The molecule has 1 saturated heterocycles. The normalized spacial score (nSPS) is 33.4. The molecule has 2 atom stereocenters. The third-order valence-corrected chi connectivity index (χ3v) is 5.26. The number of carbonyl (C=O) groups is 1. The Labute approximate surface area is 117 Å². The van der Waals surface area contributed by atoms with Crippen molar-refractivity contribution in [3.63, 3.8) is 0 Å². The highest BCUT2D eigenvalue weighted by molar-refractivity contribution is 8.04. The molecule has 0 aromatic rings. The summed E-state index contributed by atoms with van der Waals surface area (Å²) in [5, 5.41) is 11.3. The molecule has 0 aliphatic carbocycles. The van der Waals surface area contributed by atoms with Crippen LogP contribution in [0.3, 0.4) is 0 Å². The molecule has 5 heteroatoms. The van der Waals surface area contributed by atoms with Gasteiger partial charge in [0.2, 0.25) is 5.91 Å². The van der Waals surface area contributed by atoms with Gasteiger partial charge in [-0.15, -0.1) is 0 Å². The van der Waals surface area contributed by atoms with Crippen molar-refractivity contribution < 1.29 is 14.6 Å². The van der Waals surface area contributed by atoms with Crippen molar-refractivity contribution in [3.05, 3.63) is 23.0 Å². The number of amides is 1. The lowest BCUT2D eigenvalue weighted by Crippen LogP contribution is -2.47. The van der Waals surface area contributed by atoms with Gasteiger partial charge in [0, 0.05) is 23.3 Å². The second-order valence-electron chi connectivity index (χ2n) is 5.79. The van der Waals surface area contributed by atoms with Crippen LogP contribution < -0.4 is 0 Å². The summed E-state index contributed by atoms with van der Waals surface area (Å²) in [5.74, 6) is 0.177. The van der Waals surface area contributed by atoms with Crippen LogP contribution in [0.4, 0.5) is 0 Å². The van der Waals surface area contributed by atoms with Gasteiger partial charge in [-0.1, -0.05) is 11.8 Å². The minimum atomic E-state index is -0.572. The Morgan fingerprint density at radius 1 is 1.47 bits per heavy atom. The molecule has 0 aromatic carbocycles. The number of rotatable bonds is 1. The van der Waals surface area contributed by atoms with Crippen LogP contribution in [-0.4, -0.2) is 39.4 Å². The molecular formula is C14H19NO3S. The first kappa shape index (κ1) is 13.1. The highest BCUT2D eigenvalue weighted by Crippen LogP contribution is 2.50. The van der Waals surface area contributed by atoms with Gasteiger partial charge in [-0.05, 0) is 32.8 Å². The zero-order valence-electron chi connectivity index (χ0n) is 11.3. The molecule has 3 heterocycles. The lowest BCUT2D eigenvalue weighted by molar-refractivity contribution is -0.134. The van der Waals surface area contributed by atoms with E-state index < -0.39 is 6.10 Å². The standard InChI is InChI=1S/C14H19NO3S/c1-14(2)12(17)11-9(6-8-18-13(11)19-14)15-7-4-3-5-10(15)16/h6,8-9,12,17H,3-5,7H2,1-2H3. The molecule has 0 spiro atoms. The van der Waals surface area contributed by atoms with Crippen molar-refractivity contribution in [2.75, 3.05) is 6.54 Å². The van der Waals surface area contributed by atoms with Crippen molar-refractivity contribution in [3.8, 4) is 0 Å². The zero-order valence-corrected chi connectivity index (χ0v) is 12.1. The van der Waals surface area contributed by atoms with Crippen LogP contribution in [0.15, 0.2) is 23.0 Å². The molecule has 1 N–H and O–H groups in total. The van der Waals surface area contributed by atoms with Crippen LogP contribution in [0.25, 0.3) is 0 Å². The summed E-state index contributed by atoms with van der Waals surface area (Å²) in [6.45, 7) is 4.76. The first-order valence-electron chi connectivity index (χ1n) is 6.74. The fourth-order valence-corrected chi connectivity index (χ4v) is 4.06. The average molecular weight is 281 g/mol. The van der Waals surface area contributed by atoms with Crippen LogP contribution in [0.5, 0.6) is 0 Å². The van der Waals surface area contributed by atoms with E-state index in [9.17, 15) is 9.90 Å². The minimum absolute atomic E-state index is 0.138. The second kappa shape index (κ2) is 4.56. The fourth-order valence-electron chi connectivity index (χ4n) is 2.89. The summed E-state index contributed by atoms with van der Waals surface area (Å²) >= 11 is 1.55. The predicted octanol–water partition coefficient (Wildman–Crippen LogP) is 2.01. The first-order chi connectivity index (χ1) is 9.00. The molecule has 3 rings (SSSR count). The number of aliphatic hydroxyl groups is 1. The van der Waals surface area contributed by atoms with E-state index in [-0.39, 0.29) is 16.7 Å². The number of hydrogen-bond acceptors (Lipinski definition) is 4. The average Bonchev–Trinajstić information content (AvgIpc) is 2.61. The Kier molecular flexibility index (Phi) is 3.14. The Hall–Kier alpha value is -0.940. The Morgan fingerprint density at radius 2 is 2.26 bits per heavy atom. The zero-order chi connectivity index (χ0) is 13.6. The molecule has 0 saturated carbocycles. The number of hydrogen-bond donors (Lipinski definition) is 1. The van der Waals surface area contributed by atoms with Crippen LogP contribution in [0.2, 0.25) is 0 Å². The summed E-state index contributed by atoms with van der Waals surface area (Å²) in [6, 6.07) is -0.138. The maximum atomic E-state index is 12.1. The van der Waals surface area contributed by atoms with E-state index in [1.54, 1.807) is 18.0 Å². The molecule has 3 aliphatic heterocycles. The molecule has 2 unspecified atom stereocenters. The lowest BCUT2D eigenvalue weighted by Gasteiger charge is -2.36. The molecule has 0 bridgehead atoms. The maximum absolute atomic E-state index is 12.1. The molecule has 3 aliphatic rings.